The molecule has 1 atom stereocenters. The van der Waals surface area contributed by atoms with E-state index in [2.05, 4.69) is 0 Å². The molecule has 3 nitrogen and oxygen atoms in total. The SMILES string of the molecule is CCOP([O-])(Oc1ccc(Cl)cc1Cl)=c1cccc[cH-]1. The van der Waals surface area contributed by atoms with Crippen LogP contribution in [-0.4, -0.2) is 6.61 Å². The van der Waals surface area contributed by atoms with Crippen molar-refractivity contribution in [2.24, 2.45) is 0 Å². The molecule has 0 radical (unpaired) electrons. The van der Waals surface area contributed by atoms with E-state index in [1.807, 2.05) is 6.07 Å². The third-order valence-corrected chi connectivity index (χ3v) is 4.98. The molecular formula is C14H13Cl2O3P-2. The Labute approximate surface area is 127 Å². The van der Waals surface area contributed by atoms with Crippen LogP contribution in [0.5, 0.6) is 5.75 Å². The topological polar surface area (TPSA) is 41.5 Å². The molecule has 0 bridgehead atoms. The van der Waals surface area contributed by atoms with Crippen LogP contribution in [0.25, 0.3) is 0 Å². The van der Waals surface area contributed by atoms with E-state index >= 15 is 0 Å². The summed E-state index contributed by atoms with van der Waals surface area (Å²) in [5, 5.41) is 0.765. The molecule has 2 aromatic carbocycles. The van der Waals surface area contributed by atoms with Gasteiger partial charge in [0.1, 0.15) is 5.75 Å². The molecule has 0 saturated heterocycles. The Hall–Kier alpha value is -0.830. The summed E-state index contributed by atoms with van der Waals surface area (Å²) in [4.78, 5) is 13.4. The van der Waals surface area contributed by atoms with Crippen molar-refractivity contribution in [3.05, 3.63) is 63.5 Å². The molecule has 0 aliphatic rings. The van der Waals surface area contributed by atoms with E-state index in [9.17, 15) is 4.89 Å². The van der Waals surface area contributed by atoms with Crippen LogP contribution in [0.1, 0.15) is 6.92 Å². The average Bonchev–Trinajstić information content (AvgIpc) is 2.43. The van der Waals surface area contributed by atoms with E-state index in [1.54, 1.807) is 43.3 Å². The van der Waals surface area contributed by atoms with Gasteiger partial charge in [0, 0.05) is 5.02 Å². The first kappa shape index (κ1) is 15.6. The van der Waals surface area contributed by atoms with Crippen molar-refractivity contribution in [3.63, 3.8) is 0 Å². The zero-order valence-electron chi connectivity index (χ0n) is 10.8. The lowest BCUT2D eigenvalue weighted by atomic mass is 10.3. The summed E-state index contributed by atoms with van der Waals surface area (Å²) in [5.74, 6) is 0.275. The van der Waals surface area contributed by atoms with E-state index in [0.29, 0.717) is 9.96 Å². The van der Waals surface area contributed by atoms with Gasteiger partial charge in [0.25, 0.3) is 0 Å². The van der Waals surface area contributed by atoms with E-state index in [-0.39, 0.29) is 17.4 Å². The van der Waals surface area contributed by atoms with Crippen molar-refractivity contribution in [1.29, 1.82) is 0 Å². The van der Waals surface area contributed by atoms with Crippen molar-refractivity contribution in [2.45, 2.75) is 6.92 Å². The molecule has 0 aliphatic carbocycles. The minimum Gasteiger partial charge on any atom is -0.780 e. The summed E-state index contributed by atoms with van der Waals surface area (Å²) in [6, 6.07) is 13.5. The fourth-order valence-electron chi connectivity index (χ4n) is 1.61. The Morgan fingerprint density at radius 2 is 2.05 bits per heavy atom. The predicted octanol–water partition coefficient (Wildman–Crippen LogP) is 4.48. The number of benzene rings is 2. The highest BCUT2D eigenvalue weighted by Gasteiger charge is 2.09. The molecular weight excluding hydrogens is 318 g/mol. The summed E-state index contributed by atoms with van der Waals surface area (Å²) < 4.78 is 10.9. The first-order valence-corrected chi connectivity index (χ1v) is 8.30. The van der Waals surface area contributed by atoms with Crippen LogP contribution in [0, 0.1) is 4.94 Å². The maximum absolute atomic E-state index is 12.9. The van der Waals surface area contributed by atoms with Crippen molar-refractivity contribution >= 4 is 30.8 Å². The lowest BCUT2D eigenvalue weighted by Gasteiger charge is -2.34. The molecule has 0 aromatic heterocycles. The molecule has 2 rings (SSSR count). The van der Waals surface area contributed by atoms with Crippen molar-refractivity contribution in [2.75, 3.05) is 6.61 Å². The molecule has 1 unspecified atom stereocenters. The first-order valence-electron chi connectivity index (χ1n) is 6.00. The summed E-state index contributed by atoms with van der Waals surface area (Å²) in [5.41, 5.74) is 0. The van der Waals surface area contributed by atoms with Crippen LogP contribution < -0.4 is 9.42 Å². The fourth-order valence-corrected chi connectivity index (χ4v) is 3.72. The van der Waals surface area contributed by atoms with Crippen LogP contribution in [0.15, 0.2) is 48.5 Å². The molecule has 6 heteroatoms. The monoisotopic (exact) mass is 330 g/mol. The second-order valence-electron chi connectivity index (χ2n) is 3.92. The highest BCUT2D eigenvalue weighted by Crippen LogP contribution is 2.46. The van der Waals surface area contributed by atoms with Gasteiger partial charge in [-0.05, 0) is 25.1 Å². The van der Waals surface area contributed by atoms with Gasteiger partial charge >= 0.3 is 0 Å². The van der Waals surface area contributed by atoms with Gasteiger partial charge in [-0.15, -0.1) is 0 Å². The Morgan fingerprint density at radius 1 is 1.25 bits per heavy atom. The molecule has 20 heavy (non-hydrogen) atoms. The highest BCUT2D eigenvalue weighted by atomic mass is 35.5. The highest BCUT2D eigenvalue weighted by molar-refractivity contribution is 7.51. The Kier molecular flexibility index (Phi) is 5.25. The van der Waals surface area contributed by atoms with Crippen molar-refractivity contribution in [1.82, 2.24) is 0 Å². The minimum atomic E-state index is -3.46. The van der Waals surface area contributed by atoms with Gasteiger partial charge in [-0.2, -0.15) is 30.3 Å². The Bertz CT molecular complexity index is 665. The van der Waals surface area contributed by atoms with Crippen LogP contribution in [0.2, 0.25) is 10.0 Å². The van der Waals surface area contributed by atoms with Crippen LogP contribution in [0.3, 0.4) is 0 Å². The normalized spacial score (nSPS) is 13.8. The number of hydrogen-bond donors (Lipinski definition) is 0. The van der Waals surface area contributed by atoms with Crippen molar-refractivity contribution in [3.8, 4) is 5.75 Å². The smallest absolute Gasteiger partial charge is 0.143 e. The molecule has 0 fully saturated rings. The summed E-state index contributed by atoms with van der Waals surface area (Å²) in [7, 11) is -3.46. The van der Waals surface area contributed by atoms with Gasteiger partial charge in [0.15, 0.2) is 0 Å². The fraction of sp³-hybridized carbons (Fsp3) is 0.143. The Morgan fingerprint density at radius 3 is 2.65 bits per heavy atom. The van der Waals surface area contributed by atoms with E-state index in [4.69, 9.17) is 32.2 Å². The zero-order chi connectivity index (χ0) is 14.6. The van der Waals surface area contributed by atoms with E-state index < -0.39 is 7.57 Å². The van der Waals surface area contributed by atoms with Crippen LogP contribution in [0.4, 0.5) is 0 Å². The summed E-state index contributed by atoms with van der Waals surface area (Å²) in [6.45, 7) is 2.01. The van der Waals surface area contributed by atoms with Gasteiger partial charge in [0.05, 0.1) is 19.2 Å². The summed E-state index contributed by atoms with van der Waals surface area (Å²) in [6.07, 6.45) is 0. The second-order valence-corrected chi connectivity index (χ2v) is 6.71. The molecule has 0 aliphatic heterocycles. The van der Waals surface area contributed by atoms with E-state index in [0.717, 1.165) is 0 Å². The minimum absolute atomic E-state index is 0.261. The quantitative estimate of drug-likeness (QED) is 0.613. The second kappa shape index (κ2) is 6.75. The number of hydrogen-bond acceptors (Lipinski definition) is 3. The number of halogens is 2. The van der Waals surface area contributed by atoms with Gasteiger partial charge in [0.2, 0.25) is 0 Å². The largest absolute Gasteiger partial charge is 0.780 e. The maximum Gasteiger partial charge on any atom is 0.143 e. The zero-order valence-corrected chi connectivity index (χ0v) is 13.2. The first-order chi connectivity index (χ1) is 9.55. The lowest BCUT2D eigenvalue weighted by Crippen LogP contribution is -2.12. The Balaban J connectivity index is 2.51. The maximum atomic E-state index is 12.9. The average molecular weight is 331 g/mol. The van der Waals surface area contributed by atoms with Gasteiger partial charge in [-0.25, -0.2) is 0 Å². The van der Waals surface area contributed by atoms with Crippen molar-refractivity contribution < 1.29 is 13.9 Å². The third-order valence-electron chi connectivity index (χ3n) is 2.48. The van der Waals surface area contributed by atoms with Crippen LogP contribution in [-0.2, 0) is 4.52 Å². The van der Waals surface area contributed by atoms with E-state index in [1.165, 1.54) is 6.07 Å². The molecule has 0 spiro atoms. The molecule has 0 amide bonds. The molecule has 0 heterocycles. The molecule has 108 valence electrons. The molecule has 2 aromatic rings. The third kappa shape index (κ3) is 3.63. The summed E-state index contributed by atoms with van der Waals surface area (Å²) >= 11 is 11.9. The molecule has 0 saturated carbocycles. The predicted molar refractivity (Wildman–Crippen MR) is 80.9 cm³/mol. The number of rotatable bonds is 4. The lowest BCUT2D eigenvalue weighted by molar-refractivity contribution is -0.201. The molecule has 0 N–H and O–H groups in total. The van der Waals surface area contributed by atoms with Crippen LogP contribution >= 0.6 is 30.8 Å². The van der Waals surface area contributed by atoms with Gasteiger partial charge in [-0.1, -0.05) is 28.1 Å². The van der Waals surface area contributed by atoms with Gasteiger partial charge < -0.3 is 13.9 Å². The van der Waals surface area contributed by atoms with Gasteiger partial charge in [-0.3, -0.25) is 0 Å². The standard InChI is InChI=1S/C14H13Cl2O3P/c1-2-18-20(17,12-6-4-3-5-7-12)19-14-9-8-11(15)10-13(14)16/h3-10H,2H2,1H3/q-2.